The van der Waals surface area contributed by atoms with Gasteiger partial charge >= 0.3 is 5.97 Å². The van der Waals surface area contributed by atoms with Crippen molar-refractivity contribution >= 4 is 17.4 Å². The third-order valence-electron chi connectivity index (χ3n) is 5.30. The number of carboxylic acid groups (broad SMARTS) is 1. The maximum Gasteiger partial charge on any atom is 0.331 e. The van der Waals surface area contributed by atoms with Gasteiger partial charge in [-0.2, -0.15) is 5.10 Å². The number of halogens is 3. The lowest BCUT2D eigenvalue weighted by Crippen LogP contribution is -2.47. The highest BCUT2D eigenvalue weighted by Gasteiger charge is 2.47. The molecule has 1 aliphatic carbocycles. The van der Waals surface area contributed by atoms with E-state index in [0.717, 1.165) is 23.9 Å². The number of allylic oxidation sites excluding steroid dienone is 4. The molecule has 1 heterocycles. The summed E-state index contributed by atoms with van der Waals surface area (Å²) in [7, 11) is 0. The van der Waals surface area contributed by atoms with Gasteiger partial charge in [0.15, 0.2) is 11.4 Å². The Labute approximate surface area is 162 Å². The number of alkyl halides is 1. The third kappa shape index (κ3) is 3.70. The van der Waals surface area contributed by atoms with E-state index in [0.29, 0.717) is 23.8 Å². The van der Waals surface area contributed by atoms with E-state index in [2.05, 4.69) is 5.10 Å². The number of nitrogens with zero attached hydrogens (tertiary/aromatic N) is 2. The Balaban J connectivity index is 1.91. The Bertz CT molecular complexity index is 880. The fourth-order valence-electron chi connectivity index (χ4n) is 3.49. The fourth-order valence-corrected chi connectivity index (χ4v) is 3.49. The van der Waals surface area contributed by atoms with Gasteiger partial charge in [0.2, 0.25) is 0 Å². The molecule has 0 amide bonds. The molecule has 0 saturated carbocycles. The van der Waals surface area contributed by atoms with Gasteiger partial charge in [-0.1, -0.05) is 31.9 Å². The second-order valence-electron chi connectivity index (χ2n) is 7.55. The Kier molecular flexibility index (Phi) is 5.37. The van der Waals surface area contributed by atoms with Crippen molar-refractivity contribution < 1.29 is 23.1 Å². The fraction of sp³-hybridized carbons (Fsp3) is 0.429. The molecule has 2 unspecified atom stereocenters. The third-order valence-corrected chi connectivity index (χ3v) is 5.30. The summed E-state index contributed by atoms with van der Waals surface area (Å²) in [4.78, 5) is 11.9. The number of carbonyl (C=O) groups is 1. The second-order valence-corrected chi connectivity index (χ2v) is 7.55. The first-order chi connectivity index (χ1) is 13.2. The van der Waals surface area contributed by atoms with Crippen LogP contribution >= 0.6 is 0 Å². The zero-order valence-electron chi connectivity index (χ0n) is 15.9. The molecule has 0 saturated heterocycles. The molecule has 0 aromatic heterocycles. The first-order valence-corrected chi connectivity index (χ1v) is 9.33. The number of benzene rings is 1. The summed E-state index contributed by atoms with van der Waals surface area (Å²) in [5.74, 6) is -2.84. The minimum atomic E-state index is -1.53. The molecule has 7 heteroatoms. The van der Waals surface area contributed by atoms with Crippen LogP contribution in [0.4, 0.5) is 18.9 Å². The van der Waals surface area contributed by atoms with Crippen LogP contribution in [0.15, 0.2) is 47.1 Å². The van der Waals surface area contributed by atoms with Crippen LogP contribution in [0.1, 0.15) is 46.0 Å². The number of unbranched alkanes of at least 4 members (excludes halogenated alkanes) is 1. The van der Waals surface area contributed by atoms with Crippen LogP contribution in [0.2, 0.25) is 0 Å². The monoisotopic (exact) mass is 392 g/mol. The molecule has 3 rings (SSSR count). The molecule has 1 aliphatic heterocycles. The van der Waals surface area contributed by atoms with E-state index in [1.54, 1.807) is 12.2 Å². The van der Waals surface area contributed by atoms with Gasteiger partial charge < -0.3 is 5.11 Å². The standard InChI is InChI=1S/C21H23F3N2O2/c1-3-4-9-21(24)10-7-14(8-11-21)17-13-20(2,19(27)28)26(25-17)18-6-5-15(22)12-16(18)23/h5-8,10,12H,3-4,9,11,13H2,1-2H3,(H,27,28). The minimum Gasteiger partial charge on any atom is -0.479 e. The van der Waals surface area contributed by atoms with Crippen molar-refractivity contribution in [2.24, 2.45) is 5.10 Å². The summed E-state index contributed by atoms with van der Waals surface area (Å²) in [6, 6.07) is 2.91. The molecule has 1 aromatic carbocycles. The van der Waals surface area contributed by atoms with E-state index in [1.165, 1.54) is 19.1 Å². The molecule has 0 bridgehead atoms. The lowest BCUT2D eigenvalue weighted by molar-refractivity contribution is -0.142. The van der Waals surface area contributed by atoms with Crippen molar-refractivity contribution in [1.82, 2.24) is 0 Å². The van der Waals surface area contributed by atoms with Crippen molar-refractivity contribution in [3.05, 3.63) is 53.6 Å². The normalized spacial score (nSPS) is 27.0. The molecule has 0 radical (unpaired) electrons. The highest BCUT2D eigenvalue weighted by atomic mass is 19.1. The lowest BCUT2D eigenvalue weighted by Gasteiger charge is -2.30. The molecule has 0 spiro atoms. The molecule has 4 nitrogen and oxygen atoms in total. The molecule has 2 atom stereocenters. The highest BCUT2D eigenvalue weighted by molar-refractivity contribution is 6.09. The maximum atomic E-state index is 14.8. The Morgan fingerprint density at radius 3 is 2.68 bits per heavy atom. The van der Waals surface area contributed by atoms with Crippen LogP contribution in [-0.2, 0) is 4.79 Å². The van der Waals surface area contributed by atoms with Gasteiger partial charge in [0.25, 0.3) is 0 Å². The highest BCUT2D eigenvalue weighted by Crippen LogP contribution is 2.38. The number of hydrazone groups is 1. The Morgan fingerprint density at radius 2 is 2.11 bits per heavy atom. The minimum absolute atomic E-state index is 0.0174. The molecular formula is C21H23F3N2O2. The number of hydrogen-bond donors (Lipinski definition) is 1. The van der Waals surface area contributed by atoms with Crippen molar-refractivity contribution in [3.8, 4) is 0 Å². The zero-order valence-corrected chi connectivity index (χ0v) is 15.9. The van der Waals surface area contributed by atoms with Crippen molar-refractivity contribution in [1.29, 1.82) is 0 Å². The van der Waals surface area contributed by atoms with Crippen molar-refractivity contribution in [3.63, 3.8) is 0 Å². The predicted molar refractivity (Wildman–Crippen MR) is 102 cm³/mol. The van der Waals surface area contributed by atoms with E-state index >= 15 is 0 Å². The zero-order chi connectivity index (χ0) is 20.5. The van der Waals surface area contributed by atoms with Crippen molar-refractivity contribution in [2.75, 3.05) is 5.01 Å². The molecule has 1 N–H and O–H groups in total. The van der Waals surface area contributed by atoms with Crippen LogP contribution in [0.25, 0.3) is 0 Å². The van der Waals surface area contributed by atoms with Gasteiger partial charge in [-0.15, -0.1) is 0 Å². The largest absolute Gasteiger partial charge is 0.479 e. The molecule has 1 aromatic rings. The predicted octanol–water partition coefficient (Wildman–Crippen LogP) is 5.16. The first-order valence-electron chi connectivity index (χ1n) is 9.33. The smallest absolute Gasteiger partial charge is 0.331 e. The van der Waals surface area contributed by atoms with E-state index in [1.807, 2.05) is 6.92 Å². The summed E-state index contributed by atoms with van der Waals surface area (Å²) in [5.41, 5.74) is -2.00. The lowest BCUT2D eigenvalue weighted by atomic mass is 9.85. The van der Waals surface area contributed by atoms with Crippen LogP contribution in [0.5, 0.6) is 0 Å². The van der Waals surface area contributed by atoms with Gasteiger partial charge in [0, 0.05) is 18.9 Å². The van der Waals surface area contributed by atoms with Gasteiger partial charge in [-0.3, -0.25) is 0 Å². The van der Waals surface area contributed by atoms with Gasteiger partial charge in [-0.25, -0.2) is 23.0 Å². The van der Waals surface area contributed by atoms with Gasteiger partial charge in [-0.05, 0) is 37.1 Å². The van der Waals surface area contributed by atoms with E-state index in [4.69, 9.17) is 0 Å². The summed E-state index contributed by atoms with van der Waals surface area (Å²) in [6.45, 7) is 3.43. The quantitative estimate of drug-likeness (QED) is 0.728. The topological polar surface area (TPSA) is 52.9 Å². The van der Waals surface area contributed by atoms with E-state index in [-0.39, 0.29) is 18.5 Å². The number of hydrogen-bond acceptors (Lipinski definition) is 3. The van der Waals surface area contributed by atoms with E-state index in [9.17, 15) is 23.1 Å². The van der Waals surface area contributed by atoms with Crippen LogP contribution in [0.3, 0.4) is 0 Å². The van der Waals surface area contributed by atoms with Crippen molar-refractivity contribution in [2.45, 2.75) is 57.2 Å². The van der Waals surface area contributed by atoms with Crippen LogP contribution in [0, 0.1) is 11.6 Å². The number of aliphatic carboxylic acids is 1. The SMILES string of the molecule is CCCCC1(F)C=CC(C2=NN(c3ccc(F)cc3F)C(C)(C(=O)O)C2)=CC1. The van der Waals surface area contributed by atoms with Gasteiger partial charge in [0.1, 0.15) is 11.5 Å². The van der Waals surface area contributed by atoms with E-state index < -0.39 is 28.8 Å². The molecule has 2 aliphatic rings. The average molecular weight is 392 g/mol. The second kappa shape index (κ2) is 7.45. The van der Waals surface area contributed by atoms with Crippen LogP contribution in [-0.4, -0.2) is 28.0 Å². The molecule has 0 fully saturated rings. The maximum absolute atomic E-state index is 14.8. The summed E-state index contributed by atoms with van der Waals surface area (Å²) in [6.07, 6.45) is 7.13. The molecular weight excluding hydrogens is 369 g/mol. The average Bonchev–Trinajstić information content (AvgIpc) is 2.99. The number of carboxylic acids is 1. The number of rotatable bonds is 6. The summed E-state index contributed by atoms with van der Waals surface area (Å²) in [5, 5.41) is 15.1. The summed E-state index contributed by atoms with van der Waals surface area (Å²) < 4.78 is 42.3. The Hall–Kier alpha value is -2.57. The van der Waals surface area contributed by atoms with Crippen LogP contribution < -0.4 is 5.01 Å². The Morgan fingerprint density at radius 1 is 1.36 bits per heavy atom. The molecule has 150 valence electrons. The van der Waals surface area contributed by atoms with Gasteiger partial charge in [0.05, 0.1) is 11.4 Å². The summed E-state index contributed by atoms with van der Waals surface area (Å²) >= 11 is 0. The first kappa shape index (κ1) is 20.2. The molecule has 28 heavy (non-hydrogen) atoms. The number of anilines is 1.